The van der Waals surface area contributed by atoms with Crippen molar-refractivity contribution in [2.75, 3.05) is 5.32 Å². The van der Waals surface area contributed by atoms with Crippen molar-refractivity contribution in [2.24, 2.45) is 0 Å². The largest absolute Gasteiger partial charge is 0.478 e. The van der Waals surface area contributed by atoms with E-state index in [1.807, 2.05) is 0 Å². The van der Waals surface area contributed by atoms with Gasteiger partial charge in [-0.1, -0.05) is 27.5 Å². The smallest absolute Gasteiger partial charge is 0.339 e. The molecule has 0 unspecified atom stereocenters. The molecule has 1 aromatic heterocycles. The van der Waals surface area contributed by atoms with Crippen LogP contribution in [0.15, 0.2) is 28.9 Å². The first-order valence-corrected chi connectivity index (χ1v) is 6.75. The summed E-state index contributed by atoms with van der Waals surface area (Å²) in [5, 5.41) is 11.9. The van der Waals surface area contributed by atoms with Gasteiger partial charge in [0.1, 0.15) is 5.56 Å². The standard InChI is InChI=1S/C13H10BrClN2O3/c1-6-11(13(19)20)10(5-16-6)17-12(18)8-4-7(14)2-3-9(8)15/h2-5,16H,1H3,(H,17,18)(H,19,20). The number of nitrogens with one attached hydrogen (secondary N) is 2. The normalized spacial score (nSPS) is 10.3. The minimum atomic E-state index is -1.11. The van der Waals surface area contributed by atoms with E-state index in [1.165, 1.54) is 6.20 Å². The van der Waals surface area contributed by atoms with Gasteiger partial charge in [-0.3, -0.25) is 4.79 Å². The molecular formula is C13H10BrClN2O3. The summed E-state index contributed by atoms with van der Waals surface area (Å²) in [5.41, 5.74) is 0.963. The van der Waals surface area contributed by atoms with Crippen LogP contribution in [0.3, 0.4) is 0 Å². The molecule has 2 rings (SSSR count). The predicted octanol–water partition coefficient (Wildman–Crippen LogP) is 3.69. The van der Waals surface area contributed by atoms with Crippen LogP contribution in [0.1, 0.15) is 26.4 Å². The van der Waals surface area contributed by atoms with Crippen molar-refractivity contribution in [1.82, 2.24) is 4.98 Å². The van der Waals surface area contributed by atoms with Crippen LogP contribution in [-0.4, -0.2) is 22.0 Å². The third-order valence-electron chi connectivity index (χ3n) is 2.71. The first-order valence-electron chi connectivity index (χ1n) is 5.58. The number of halogens is 2. The number of aromatic amines is 1. The van der Waals surface area contributed by atoms with E-state index in [0.29, 0.717) is 10.2 Å². The molecule has 1 amide bonds. The molecule has 0 saturated heterocycles. The Hall–Kier alpha value is -1.79. The zero-order valence-electron chi connectivity index (χ0n) is 10.3. The van der Waals surface area contributed by atoms with Gasteiger partial charge in [0.05, 0.1) is 16.3 Å². The average Bonchev–Trinajstić information content (AvgIpc) is 2.73. The number of benzene rings is 1. The number of carboxylic acid groups (broad SMARTS) is 1. The van der Waals surface area contributed by atoms with Crippen molar-refractivity contribution >= 4 is 45.1 Å². The van der Waals surface area contributed by atoms with Gasteiger partial charge in [-0.05, 0) is 25.1 Å². The van der Waals surface area contributed by atoms with Gasteiger partial charge in [-0.2, -0.15) is 0 Å². The second-order valence-corrected chi connectivity index (χ2v) is 5.41. The summed E-state index contributed by atoms with van der Waals surface area (Å²) in [4.78, 5) is 26.0. The molecule has 0 fully saturated rings. The molecule has 5 nitrogen and oxygen atoms in total. The quantitative estimate of drug-likeness (QED) is 0.783. The molecule has 2 aromatic rings. The minimum Gasteiger partial charge on any atom is -0.478 e. The van der Waals surface area contributed by atoms with Crippen LogP contribution in [0.25, 0.3) is 0 Å². The van der Waals surface area contributed by atoms with Gasteiger partial charge in [0.25, 0.3) is 5.91 Å². The fourth-order valence-corrected chi connectivity index (χ4v) is 2.33. The van der Waals surface area contributed by atoms with Crippen molar-refractivity contribution in [1.29, 1.82) is 0 Å². The Bertz CT molecular complexity index is 697. The Morgan fingerprint density at radius 2 is 2.10 bits per heavy atom. The van der Waals surface area contributed by atoms with Crippen LogP contribution in [0.5, 0.6) is 0 Å². The molecule has 1 aromatic carbocycles. The van der Waals surface area contributed by atoms with Crippen LogP contribution in [0.4, 0.5) is 5.69 Å². The van der Waals surface area contributed by atoms with E-state index < -0.39 is 11.9 Å². The third-order valence-corrected chi connectivity index (χ3v) is 3.54. The number of amides is 1. The third kappa shape index (κ3) is 2.86. The fraction of sp³-hybridized carbons (Fsp3) is 0.0769. The van der Waals surface area contributed by atoms with Crippen LogP contribution in [-0.2, 0) is 0 Å². The average molecular weight is 358 g/mol. The van der Waals surface area contributed by atoms with Crippen molar-refractivity contribution in [3.63, 3.8) is 0 Å². The van der Waals surface area contributed by atoms with Gasteiger partial charge in [-0.25, -0.2) is 4.79 Å². The maximum atomic E-state index is 12.1. The SMILES string of the molecule is Cc1[nH]cc(NC(=O)c2cc(Br)ccc2Cl)c1C(=O)O. The number of carbonyl (C=O) groups excluding carboxylic acids is 1. The highest BCUT2D eigenvalue weighted by atomic mass is 79.9. The molecule has 20 heavy (non-hydrogen) atoms. The van der Waals surface area contributed by atoms with E-state index in [9.17, 15) is 9.59 Å². The monoisotopic (exact) mass is 356 g/mol. The highest BCUT2D eigenvalue weighted by molar-refractivity contribution is 9.10. The summed E-state index contributed by atoms with van der Waals surface area (Å²) in [6.07, 6.45) is 1.43. The van der Waals surface area contributed by atoms with E-state index in [0.717, 1.165) is 0 Å². The minimum absolute atomic E-state index is 0.0319. The van der Waals surface area contributed by atoms with Crippen LogP contribution in [0, 0.1) is 6.92 Å². The fourth-order valence-electron chi connectivity index (χ4n) is 1.76. The van der Waals surface area contributed by atoms with Gasteiger partial charge in [0.2, 0.25) is 0 Å². The number of aromatic nitrogens is 1. The number of aryl methyl sites for hydroxylation is 1. The van der Waals surface area contributed by atoms with E-state index in [1.54, 1.807) is 25.1 Å². The second-order valence-electron chi connectivity index (χ2n) is 4.09. The number of rotatable bonds is 3. The maximum absolute atomic E-state index is 12.1. The molecule has 1 heterocycles. The first kappa shape index (κ1) is 14.6. The number of anilines is 1. The molecule has 0 aliphatic heterocycles. The van der Waals surface area contributed by atoms with Gasteiger partial charge in [-0.15, -0.1) is 0 Å². The van der Waals surface area contributed by atoms with Gasteiger partial charge < -0.3 is 15.4 Å². The Kier molecular flexibility index (Phi) is 4.15. The second kappa shape index (κ2) is 5.68. The van der Waals surface area contributed by atoms with Gasteiger partial charge in [0, 0.05) is 16.4 Å². The van der Waals surface area contributed by atoms with Crippen LogP contribution < -0.4 is 5.32 Å². The molecule has 7 heteroatoms. The summed E-state index contributed by atoms with van der Waals surface area (Å²) < 4.78 is 0.704. The van der Waals surface area contributed by atoms with E-state index >= 15 is 0 Å². The Morgan fingerprint density at radius 3 is 2.75 bits per heavy atom. The highest BCUT2D eigenvalue weighted by Gasteiger charge is 2.19. The van der Waals surface area contributed by atoms with E-state index in [2.05, 4.69) is 26.2 Å². The summed E-state index contributed by atoms with van der Waals surface area (Å²) in [5.74, 6) is -1.59. The summed E-state index contributed by atoms with van der Waals surface area (Å²) in [6.45, 7) is 1.62. The molecule has 104 valence electrons. The number of hydrogen-bond donors (Lipinski definition) is 3. The lowest BCUT2D eigenvalue weighted by atomic mass is 10.2. The zero-order chi connectivity index (χ0) is 14.9. The van der Waals surface area contributed by atoms with Gasteiger partial charge >= 0.3 is 5.97 Å². The lowest BCUT2D eigenvalue weighted by Gasteiger charge is -2.07. The number of carbonyl (C=O) groups is 2. The molecule has 0 aliphatic carbocycles. The van der Waals surface area contributed by atoms with Crippen molar-refractivity contribution < 1.29 is 14.7 Å². The lowest BCUT2D eigenvalue weighted by Crippen LogP contribution is -2.14. The van der Waals surface area contributed by atoms with Crippen molar-refractivity contribution in [3.8, 4) is 0 Å². The molecule has 0 radical (unpaired) electrons. The molecule has 0 aliphatic rings. The predicted molar refractivity (Wildman–Crippen MR) is 79.6 cm³/mol. The highest BCUT2D eigenvalue weighted by Crippen LogP contribution is 2.24. The van der Waals surface area contributed by atoms with Gasteiger partial charge in [0.15, 0.2) is 0 Å². The number of aromatic carboxylic acids is 1. The molecule has 0 spiro atoms. The molecule has 0 atom stereocenters. The number of hydrogen-bond acceptors (Lipinski definition) is 2. The van der Waals surface area contributed by atoms with Crippen molar-refractivity contribution in [3.05, 3.63) is 50.7 Å². The first-order chi connectivity index (χ1) is 9.40. The Morgan fingerprint density at radius 1 is 1.40 bits per heavy atom. The Labute approximate surface area is 128 Å². The molecule has 0 bridgehead atoms. The summed E-state index contributed by atoms with van der Waals surface area (Å²) in [6, 6.07) is 4.86. The van der Waals surface area contributed by atoms with Crippen molar-refractivity contribution in [2.45, 2.75) is 6.92 Å². The molecule has 0 saturated carbocycles. The maximum Gasteiger partial charge on any atom is 0.339 e. The van der Waals surface area contributed by atoms with Crippen LogP contribution >= 0.6 is 27.5 Å². The van der Waals surface area contributed by atoms with E-state index in [-0.39, 0.29) is 21.8 Å². The Balaban J connectivity index is 2.33. The van der Waals surface area contributed by atoms with Crippen LogP contribution in [0.2, 0.25) is 5.02 Å². The summed E-state index contributed by atoms with van der Waals surface area (Å²) >= 11 is 9.21. The zero-order valence-corrected chi connectivity index (χ0v) is 12.7. The molecule has 3 N–H and O–H groups in total. The number of carboxylic acids is 1. The molecular weight excluding hydrogens is 348 g/mol. The van der Waals surface area contributed by atoms with E-state index in [4.69, 9.17) is 16.7 Å². The lowest BCUT2D eigenvalue weighted by molar-refractivity contribution is 0.0697. The summed E-state index contributed by atoms with van der Waals surface area (Å²) in [7, 11) is 0. The number of H-pyrrole nitrogens is 1. The topological polar surface area (TPSA) is 82.2 Å².